The van der Waals surface area contributed by atoms with Crippen LogP contribution in [0.3, 0.4) is 0 Å². The van der Waals surface area contributed by atoms with Gasteiger partial charge in [0.05, 0.1) is 0 Å². The molecule has 0 aliphatic heterocycles. The lowest BCUT2D eigenvalue weighted by atomic mass is 9.95. The summed E-state index contributed by atoms with van der Waals surface area (Å²) in [6.07, 6.45) is 2.27. The summed E-state index contributed by atoms with van der Waals surface area (Å²) in [7, 11) is 0. The van der Waals surface area contributed by atoms with Crippen molar-refractivity contribution in [2.75, 3.05) is 6.54 Å². The van der Waals surface area contributed by atoms with Gasteiger partial charge >= 0.3 is 0 Å². The van der Waals surface area contributed by atoms with E-state index in [9.17, 15) is 4.39 Å². The molecular weight excluding hydrogens is 225 g/mol. The highest BCUT2D eigenvalue weighted by Gasteiger charge is 2.45. The van der Waals surface area contributed by atoms with E-state index in [2.05, 4.69) is 19.2 Å². The van der Waals surface area contributed by atoms with Gasteiger partial charge in [-0.25, -0.2) is 4.39 Å². The van der Waals surface area contributed by atoms with Gasteiger partial charge in [-0.05, 0) is 30.5 Å². The van der Waals surface area contributed by atoms with Crippen LogP contribution in [0.25, 0.3) is 0 Å². The molecule has 0 radical (unpaired) electrons. The summed E-state index contributed by atoms with van der Waals surface area (Å²) in [5.74, 6) is -0.263. The molecule has 16 heavy (non-hydrogen) atoms. The number of rotatable bonds is 4. The molecule has 1 aliphatic carbocycles. The zero-order chi connectivity index (χ0) is 11.8. The minimum atomic E-state index is -0.263. The first-order valence-corrected chi connectivity index (χ1v) is 6.10. The lowest BCUT2D eigenvalue weighted by Crippen LogP contribution is -2.32. The Hall–Kier alpha value is -0.600. The Morgan fingerprint density at radius 1 is 1.44 bits per heavy atom. The smallest absolute Gasteiger partial charge is 0.124 e. The van der Waals surface area contributed by atoms with Crippen molar-refractivity contribution in [3.63, 3.8) is 0 Å². The van der Waals surface area contributed by atoms with Gasteiger partial charge in [0.25, 0.3) is 0 Å². The number of benzene rings is 1. The van der Waals surface area contributed by atoms with Crippen molar-refractivity contribution in [1.82, 2.24) is 5.32 Å². The molecule has 3 heteroatoms. The summed E-state index contributed by atoms with van der Waals surface area (Å²) in [4.78, 5) is 0. The van der Waals surface area contributed by atoms with E-state index < -0.39 is 0 Å². The van der Waals surface area contributed by atoms with Crippen LogP contribution in [0.5, 0.6) is 0 Å². The van der Waals surface area contributed by atoms with Gasteiger partial charge in [-0.2, -0.15) is 0 Å². The summed E-state index contributed by atoms with van der Waals surface area (Å²) < 4.78 is 13.0. The van der Waals surface area contributed by atoms with Crippen molar-refractivity contribution >= 4 is 11.6 Å². The standard InChI is InChI=1S/C13H17ClFN/c1-9(2)16-8-13(5-6-13)11-4-3-10(15)7-12(11)14/h3-4,7,9,16H,5-6,8H2,1-2H3. The zero-order valence-electron chi connectivity index (χ0n) is 9.69. The molecule has 2 rings (SSSR count). The van der Waals surface area contributed by atoms with Crippen LogP contribution in [-0.2, 0) is 5.41 Å². The van der Waals surface area contributed by atoms with Crippen molar-refractivity contribution in [2.24, 2.45) is 0 Å². The third-order valence-electron chi connectivity index (χ3n) is 3.20. The summed E-state index contributed by atoms with van der Waals surface area (Å²) in [5.41, 5.74) is 1.23. The summed E-state index contributed by atoms with van der Waals surface area (Å²) in [6, 6.07) is 5.20. The SMILES string of the molecule is CC(C)NCC1(c2ccc(F)cc2Cl)CC1. The fraction of sp³-hybridized carbons (Fsp3) is 0.538. The van der Waals surface area contributed by atoms with E-state index in [1.165, 1.54) is 12.1 Å². The van der Waals surface area contributed by atoms with E-state index in [1.54, 1.807) is 0 Å². The van der Waals surface area contributed by atoms with Gasteiger partial charge in [0.1, 0.15) is 5.82 Å². The van der Waals surface area contributed by atoms with Gasteiger partial charge in [0.15, 0.2) is 0 Å². The second-order valence-corrected chi connectivity index (χ2v) is 5.35. The Bertz CT molecular complexity index is 386. The largest absolute Gasteiger partial charge is 0.314 e. The first-order valence-electron chi connectivity index (χ1n) is 5.72. The first-order chi connectivity index (χ1) is 7.53. The minimum absolute atomic E-state index is 0.148. The van der Waals surface area contributed by atoms with E-state index in [1.807, 2.05) is 6.07 Å². The molecule has 0 bridgehead atoms. The molecule has 0 spiro atoms. The van der Waals surface area contributed by atoms with E-state index >= 15 is 0 Å². The van der Waals surface area contributed by atoms with Crippen molar-refractivity contribution in [2.45, 2.75) is 38.1 Å². The Kier molecular flexibility index (Phi) is 3.22. The Balaban J connectivity index is 2.16. The molecule has 1 fully saturated rings. The number of hydrogen-bond acceptors (Lipinski definition) is 1. The van der Waals surface area contributed by atoms with Gasteiger partial charge < -0.3 is 5.32 Å². The highest BCUT2D eigenvalue weighted by molar-refractivity contribution is 6.31. The minimum Gasteiger partial charge on any atom is -0.314 e. The summed E-state index contributed by atoms with van der Waals surface area (Å²) in [5, 5.41) is 3.99. The highest BCUT2D eigenvalue weighted by Crippen LogP contribution is 2.50. The molecule has 1 saturated carbocycles. The van der Waals surface area contributed by atoms with E-state index in [0.29, 0.717) is 11.1 Å². The topological polar surface area (TPSA) is 12.0 Å². The maximum atomic E-state index is 13.0. The molecule has 0 saturated heterocycles. The van der Waals surface area contributed by atoms with Crippen molar-refractivity contribution in [1.29, 1.82) is 0 Å². The van der Waals surface area contributed by atoms with Crippen molar-refractivity contribution in [3.8, 4) is 0 Å². The molecular formula is C13H17ClFN. The van der Waals surface area contributed by atoms with Crippen LogP contribution in [0, 0.1) is 5.82 Å². The van der Waals surface area contributed by atoms with Gasteiger partial charge in [-0.15, -0.1) is 0 Å². The third-order valence-corrected chi connectivity index (χ3v) is 3.52. The molecule has 1 aliphatic rings. The van der Waals surface area contributed by atoms with Crippen LogP contribution < -0.4 is 5.32 Å². The normalized spacial score (nSPS) is 17.8. The maximum Gasteiger partial charge on any atom is 0.124 e. The Morgan fingerprint density at radius 3 is 2.62 bits per heavy atom. The van der Waals surface area contributed by atoms with Crippen LogP contribution in [0.15, 0.2) is 18.2 Å². The average Bonchev–Trinajstić information content (AvgIpc) is 2.96. The fourth-order valence-electron chi connectivity index (χ4n) is 2.01. The predicted molar refractivity (Wildman–Crippen MR) is 65.5 cm³/mol. The van der Waals surface area contributed by atoms with Crippen LogP contribution in [0.2, 0.25) is 5.02 Å². The van der Waals surface area contributed by atoms with Crippen LogP contribution in [0.1, 0.15) is 32.3 Å². The Morgan fingerprint density at radius 2 is 2.12 bits per heavy atom. The molecule has 88 valence electrons. The van der Waals surface area contributed by atoms with Gasteiger partial charge in [0, 0.05) is 23.0 Å². The second-order valence-electron chi connectivity index (χ2n) is 4.94. The van der Waals surface area contributed by atoms with Gasteiger partial charge in [-0.1, -0.05) is 31.5 Å². The van der Waals surface area contributed by atoms with Crippen molar-refractivity contribution in [3.05, 3.63) is 34.6 Å². The first kappa shape index (κ1) is 11.9. The average molecular weight is 242 g/mol. The quantitative estimate of drug-likeness (QED) is 0.851. The van der Waals surface area contributed by atoms with E-state index in [4.69, 9.17) is 11.6 Å². The highest BCUT2D eigenvalue weighted by atomic mass is 35.5. The zero-order valence-corrected chi connectivity index (χ0v) is 10.4. The predicted octanol–water partition coefficient (Wildman–Crippen LogP) is 3.51. The van der Waals surface area contributed by atoms with Crippen molar-refractivity contribution < 1.29 is 4.39 Å². The summed E-state index contributed by atoms with van der Waals surface area (Å²) >= 11 is 6.10. The molecule has 1 aromatic carbocycles. The molecule has 0 atom stereocenters. The van der Waals surface area contributed by atoms with Crippen LogP contribution in [0.4, 0.5) is 4.39 Å². The molecule has 0 heterocycles. The van der Waals surface area contributed by atoms with E-state index in [0.717, 1.165) is 24.9 Å². The second kappa shape index (κ2) is 4.34. The molecule has 0 amide bonds. The third kappa shape index (κ3) is 2.38. The molecule has 1 N–H and O–H groups in total. The van der Waals surface area contributed by atoms with Crippen LogP contribution >= 0.6 is 11.6 Å². The lowest BCUT2D eigenvalue weighted by molar-refractivity contribution is 0.519. The molecule has 1 nitrogen and oxygen atoms in total. The summed E-state index contributed by atoms with van der Waals surface area (Å²) in [6.45, 7) is 5.18. The number of hydrogen-bond donors (Lipinski definition) is 1. The molecule has 0 aromatic heterocycles. The van der Waals surface area contributed by atoms with Gasteiger partial charge in [-0.3, -0.25) is 0 Å². The number of halogens is 2. The lowest BCUT2D eigenvalue weighted by Gasteiger charge is -2.19. The van der Waals surface area contributed by atoms with Gasteiger partial charge in [0.2, 0.25) is 0 Å². The Labute approximate surface area is 101 Å². The molecule has 0 unspecified atom stereocenters. The number of nitrogens with one attached hydrogen (secondary N) is 1. The van der Waals surface area contributed by atoms with Crippen LogP contribution in [-0.4, -0.2) is 12.6 Å². The molecule has 1 aromatic rings. The van der Waals surface area contributed by atoms with E-state index in [-0.39, 0.29) is 11.2 Å². The monoisotopic (exact) mass is 241 g/mol. The fourth-order valence-corrected chi connectivity index (χ4v) is 2.38. The maximum absolute atomic E-state index is 13.0.